The Morgan fingerprint density at radius 1 is 1.14 bits per heavy atom. The Kier molecular flexibility index (Phi) is 3.68. The molecule has 5 nitrogen and oxygen atoms in total. The summed E-state index contributed by atoms with van der Waals surface area (Å²) in [6.07, 6.45) is 11.4. The normalized spacial score (nSPS) is 26.3. The fourth-order valence-electron chi connectivity index (χ4n) is 4.73. The summed E-state index contributed by atoms with van der Waals surface area (Å²) in [5, 5.41) is 7.10. The van der Waals surface area contributed by atoms with E-state index in [9.17, 15) is 0 Å². The minimum absolute atomic E-state index is 0.298. The Hall–Kier alpha value is -1.36. The van der Waals surface area contributed by atoms with Crippen molar-refractivity contribution in [2.75, 3.05) is 24.1 Å². The molecule has 1 aromatic heterocycles. The molecule has 3 aliphatic rings. The molecule has 0 amide bonds. The Morgan fingerprint density at radius 2 is 1.95 bits per heavy atom. The second kappa shape index (κ2) is 5.69. The highest BCUT2D eigenvalue weighted by molar-refractivity contribution is 5.53. The smallest absolute Gasteiger partial charge is 0.222 e. The molecule has 1 saturated carbocycles. The van der Waals surface area contributed by atoms with Crippen molar-refractivity contribution < 1.29 is 0 Å². The average Bonchev–Trinajstić information content (AvgIpc) is 3.18. The number of hydrogen-bond donors (Lipinski definition) is 3. The Morgan fingerprint density at radius 3 is 2.73 bits per heavy atom. The Balaban J connectivity index is 1.63. The lowest BCUT2D eigenvalue weighted by molar-refractivity contribution is 0.358. The number of nitrogens with one attached hydrogen (secondary N) is 2. The van der Waals surface area contributed by atoms with Crippen molar-refractivity contribution in [3.8, 4) is 0 Å². The van der Waals surface area contributed by atoms with Gasteiger partial charge in [-0.1, -0.05) is 12.8 Å². The molecule has 1 aliphatic heterocycles. The third-order valence-corrected chi connectivity index (χ3v) is 5.85. The van der Waals surface area contributed by atoms with E-state index in [4.69, 9.17) is 10.7 Å². The Bertz CT molecular complexity index is 544. The van der Waals surface area contributed by atoms with Crippen LogP contribution in [0.4, 0.5) is 11.8 Å². The molecule has 2 heterocycles. The molecule has 0 bridgehead atoms. The molecule has 22 heavy (non-hydrogen) atoms. The maximum atomic E-state index is 6.04. The molecule has 2 aliphatic carbocycles. The molecule has 1 aromatic rings. The molecule has 0 radical (unpaired) electrons. The van der Waals surface area contributed by atoms with Gasteiger partial charge in [0, 0.05) is 23.6 Å². The summed E-state index contributed by atoms with van der Waals surface area (Å²) in [6.45, 7) is 2.08. The number of fused-ring (bicyclic) bond motifs is 2. The molecule has 2 fully saturated rings. The number of rotatable bonds is 3. The van der Waals surface area contributed by atoms with Crippen molar-refractivity contribution in [3.05, 3.63) is 11.3 Å². The van der Waals surface area contributed by atoms with Gasteiger partial charge in [0.05, 0.1) is 5.69 Å². The topological polar surface area (TPSA) is 75.9 Å². The van der Waals surface area contributed by atoms with Crippen LogP contribution in [0.5, 0.6) is 0 Å². The second-order valence-corrected chi connectivity index (χ2v) is 7.27. The zero-order valence-corrected chi connectivity index (χ0v) is 13.3. The van der Waals surface area contributed by atoms with E-state index in [1.165, 1.54) is 62.6 Å². The van der Waals surface area contributed by atoms with Crippen molar-refractivity contribution in [2.24, 2.45) is 0 Å². The fraction of sp³-hybridized carbons (Fsp3) is 0.765. The molecule has 4 rings (SSSR count). The van der Waals surface area contributed by atoms with E-state index in [2.05, 4.69) is 15.6 Å². The van der Waals surface area contributed by atoms with Crippen LogP contribution in [0.1, 0.15) is 62.6 Å². The van der Waals surface area contributed by atoms with Gasteiger partial charge in [0.15, 0.2) is 0 Å². The molecule has 120 valence electrons. The number of nitrogens with zero attached hydrogens (tertiary/aromatic N) is 2. The van der Waals surface area contributed by atoms with Gasteiger partial charge >= 0.3 is 0 Å². The highest BCUT2D eigenvalue weighted by Crippen LogP contribution is 2.49. The zero-order valence-electron chi connectivity index (χ0n) is 13.3. The van der Waals surface area contributed by atoms with Crippen molar-refractivity contribution >= 4 is 11.8 Å². The van der Waals surface area contributed by atoms with Gasteiger partial charge in [-0.05, 0) is 51.5 Å². The quantitative estimate of drug-likeness (QED) is 0.799. The highest BCUT2D eigenvalue weighted by Gasteiger charge is 2.41. The lowest BCUT2D eigenvalue weighted by Crippen LogP contribution is -2.33. The van der Waals surface area contributed by atoms with E-state index < -0.39 is 0 Å². The third kappa shape index (κ3) is 2.45. The van der Waals surface area contributed by atoms with Gasteiger partial charge in [-0.15, -0.1) is 0 Å². The van der Waals surface area contributed by atoms with Crippen LogP contribution in [0.2, 0.25) is 0 Å². The summed E-state index contributed by atoms with van der Waals surface area (Å²) in [5.41, 5.74) is 8.95. The molecule has 4 N–H and O–H groups in total. The number of nitrogen functional groups attached to an aromatic ring is 1. The maximum absolute atomic E-state index is 6.04. The first-order chi connectivity index (χ1) is 10.8. The van der Waals surface area contributed by atoms with E-state index in [1.54, 1.807) is 0 Å². The van der Waals surface area contributed by atoms with Gasteiger partial charge in [-0.3, -0.25) is 0 Å². The number of anilines is 2. The van der Waals surface area contributed by atoms with Gasteiger partial charge in [-0.25, -0.2) is 4.98 Å². The minimum Gasteiger partial charge on any atom is -0.368 e. The first kappa shape index (κ1) is 14.2. The SMILES string of the molecule is Nc1nc(NCC2CCCN2)c2c(n1)C1(CCCC1)CCC2. The van der Waals surface area contributed by atoms with Crippen molar-refractivity contribution in [2.45, 2.75) is 69.2 Å². The molecule has 1 atom stereocenters. The lowest BCUT2D eigenvalue weighted by Gasteiger charge is -2.35. The number of aromatic nitrogens is 2. The monoisotopic (exact) mass is 301 g/mol. The van der Waals surface area contributed by atoms with Crippen LogP contribution < -0.4 is 16.4 Å². The van der Waals surface area contributed by atoms with Crippen LogP contribution in [-0.4, -0.2) is 29.1 Å². The first-order valence-corrected chi connectivity index (χ1v) is 8.91. The van der Waals surface area contributed by atoms with E-state index in [0.717, 1.165) is 25.3 Å². The van der Waals surface area contributed by atoms with Crippen molar-refractivity contribution in [1.29, 1.82) is 0 Å². The summed E-state index contributed by atoms with van der Waals surface area (Å²) in [5.74, 6) is 1.44. The standard InChI is InChI=1S/C17H27N5/c18-16-21-14-13(6-3-9-17(14)7-1-2-8-17)15(22-16)20-11-12-5-4-10-19-12/h12,19H,1-11H2,(H3,18,20,21,22). The van der Waals surface area contributed by atoms with Gasteiger partial charge < -0.3 is 16.4 Å². The summed E-state index contributed by atoms with van der Waals surface area (Å²) in [7, 11) is 0. The molecule has 1 spiro atoms. The molecule has 5 heteroatoms. The summed E-state index contributed by atoms with van der Waals surface area (Å²) >= 11 is 0. The zero-order chi connectivity index (χ0) is 15.0. The van der Waals surface area contributed by atoms with Crippen LogP contribution in [-0.2, 0) is 11.8 Å². The molecule has 0 aromatic carbocycles. The van der Waals surface area contributed by atoms with Crippen LogP contribution in [0, 0.1) is 0 Å². The van der Waals surface area contributed by atoms with Gasteiger partial charge in [0.1, 0.15) is 5.82 Å². The predicted octanol–water partition coefficient (Wildman–Crippen LogP) is 2.37. The van der Waals surface area contributed by atoms with Crippen LogP contribution in [0.3, 0.4) is 0 Å². The van der Waals surface area contributed by atoms with Crippen molar-refractivity contribution in [3.63, 3.8) is 0 Å². The van der Waals surface area contributed by atoms with E-state index in [1.807, 2.05) is 0 Å². The lowest BCUT2D eigenvalue weighted by atomic mass is 9.72. The maximum Gasteiger partial charge on any atom is 0.222 e. The molecular formula is C17H27N5. The predicted molar refractivity (Wildman–Crippen MR) is 89.0 cm³/mol. The molecular weight excluding hydrogens is 274 g/mol. The van der Waals surface area contributed by atoms with E-state index in [-0.39, 0.29) is 0 Å². The fourth-order valence-corrected chi connectivity index (χ4v) is 4.73. The summed E-state index contributed by atoms with van der Waals surface area (Å²) < 4.78 is 0. The average molecular weight is 301 g/mol. The van der Waals surface area contributed by atoms with E-state index >= 15 is 0 Å². The number of hydrogen-bond acceptors (Lipinski definition) is 5. The minimum atomic E-state index is 0.298. The molecule has 1 saturated heterocycles. The van der Waals surface area contributed by atoms with E-state index in [0.29, 0.717) is 17.4 Å². The van der Waals surface area contributed by atoms with Gasteiger partial charge in [-0.2, -0.15) is 4.98 Å². The molecule has 1 unspecified atom stereocenters. The second-order valence-electron chi connectivity index (χ2n) is 7.27. The van der Waals surface area contributed by atoms with Gasteiger partial charge in [0.2, 0.25) is 5.95 Å². The summed E-state index contributed by atoms with van der Waals surface area (Å²) in [6, 6.07) is 0.566. The van der Waals surface area contributed by atoms with Crippen LogP contribution in [0.25, 0.3) is 0 Å². The van der Waals surface area contributed by atoms with Crippen LogP contribution in [0.15, 0.2) is 0 Å². The third-order valence-electron chi connectivity index (χ3n) is 5.85. The van der Waals surface area contributed by atoms with Gasteiger partial charge in [0.25, 0.3) is 0 Å². The first-order valence-electron chi connectivity index (χ1n) is 8.91. The number of nitrogens with two attached hydrogens (primary N) is 1. The van der Waals surface area contributed by atoms with Crippen LogP contribution >= 0.6 is 0 Å². The summed E-state index contributed by atoms with van der Waals surface area (Å²) in [4.78, 5) is 9.23. The highest BCUT2D eigenvalue weighted by atomic mass is 15.1. The largest absolute Gasteiger partial charge is 0.368 e. The Labute approximate surface area is 132 Å². The van der Waals surface area contributed by atoms with Crippen molar-refractivity contribution in [1.82, 2.24) is 15.3 Å².